The minimum Gasteiger partial charge on any atom is -0.460 e. The Kier molecular flexibility index (Phi) is 26.5. The molecular weight excluding hydrogens is 638 g/mol. The highest BCUT2D eigenvalue weighted by molar-refractivity contribution is 5.90. The summed E-state index contributed by atoms with van der Waals surface area (Å²) in [5.41, 5.74) is 2.03. The van der Waals surface area contributed by atoms with E-state index < -0.39 is 0 Å². The van der Waals surface area contributed by atoms with E-state index in [-0.39, 0.29) is 25.2 Å². The Morgan fingerprint density at radius 3 is 1.12 bits per heavy atom. The summed E-state index contributed by atoms with van der Waals surface area (Å²) in [7, 11) is 0. The molecule has 0 fully saturated rings. The van der Waals surface area contributed by atoms with Gasteiger partial charge in [0.2, 0.25) is 0 Å². The molecule has 0 aromatic heterocycles. The molecule has 0 saturated carbocycles. The van der Waals surface area contributed by atoms with Gasteiger partial charge >= 0.3 is 11.9 Å². The quantitative estimate of drug-likeness (QED) is 0.0851. The molecule has 13 nitrogen and oxygen atoms in total. The fraction of sp³-hybridized carbons (Fsp3) is 0.611. The van der Waals surface area contributed by atoms with Crippen LogP contribution in [0.1, 0.15) is 40.5 Å². The third-order valence-corrected chi connectivity index (χ3v) is 6.52. The first-order chi connectivity index (χ1) is 24.2. The molecule has 0 aliphatic heterocycles. The maximum atomic E-state index is 12.1. The van der Waals surface area contributed by atoms with Gasteiger partial charge in [0.25, 0.3) is 0 Å². The van der Waals surface area contributed by atoms with E-state index >= 15 is 0 Å². The molecule has 1 N–H and O–H groups in total. The summed E-state index contributed by atoms with van der Waals surface area (Å²) in [5.74, 6) is -0.725. The van der Waals surface area contributed by atoms with Crippen molar-refractivity contribution < 1.29 is 57.0 Å². The smallest absolute Gasteiger partial charge is 0.338 e. The van der Waals surface area contributed by atoms with Gasteiger partial charge < -0.3 is 52.7 Å². The Balaban J connectivity index is 1.21. The molecule has 0 atom stereocenters. The van der Waals surface area contributed by atoms with Crippen molar-refractivity contribution in [2.24, 2.45) is 0 Å². The molecule has 276 valence electrons. The Bertz CT molecular complexity index is 1060. The number of unbranched alkanes of at least 4 members (excludes halogenated alkanes) is 1. The van der Waals surface area contributed by atoms with Gasteiger partial charge in [-0.25, -0.2) is 9.59 Å². The summed E-state index contributed by atoms with van der Waals surface area (Å²) >= 11 is 0. The van der Waals surface area contributed by atoms with E-state index in [1.54, 1.807) is 36.4 Å². The molecule has 0 amide bonds. The summed E-state index contributed by atoms with van der Waals surface area (Å²) < 4.78 is 54.0. The zero-order chi connectivity index (χ0) is 34.9. The molecule has 2 rings (SSSR count). The number of benzene rings is 2. The van der Waals surface area contributed by atoms with Crippen LogP contribution in [0.25, 0.3) is 0 Å². The molecular formula is C36H55NO12. The number of nitrogens with one attached hydrogen (secondary N) is 1. The number of esters is 2. The predicted octanol–water partition coefficient (Wildman–Crippen LogP) is 4.05. The van der Waals surface area contributed by atoms with Crippen LogP contribution >= 0.6 is 0 Å². The second-order valence-electron chi connectivity index (χ2n) is 10.4. The van der Waals surface area contributed by atoms with Crippen molar-refractivity contribution in [1.29, 1.82) is 0 Å². The van der Waals surface area contributed by atoms with Crippen molar-refractivity contribution in [3.63, 3.8) is 0 Å². The second-order valence-corrected chi connectivity index (χ2v) is 10.4. The van der Waals surface area contributed by atoms with Crippen LogP contribution < -0.4 is 5.32 Å². The number of anilines is 1. The molecule has 2 aromatic rings. The van der Waals surface area contributed by atoms with Gasteiger partial charge in [-0.05, 0) is 42.8 Å². The maximum absolute atomic E-state index is 12.1. The first-order valence-electron chi connectivity index (χ1n) is 17.1. The van der Waals surface area contributed by atoms with E-state index in [9.17, 15) is 9.59 Å². The minimum absolute atomic E-state index is 0.185. The average molecular weight is 694 g/mol. The van der Waals surface area contributed by atoms with Crippen LogP contribution in [0.3, 0.4) is 0 Å². The van der Waals surface area contributed by atoms with E-state index in [4.69, 9.17) is 47.4 Å². The topological polar surface area (TPSA) is 138 Å². The number of ether oxygens (including phenoxy) is 10. The van der Waals surface area contributed by atoms with Crippen LogP contribution in [0, 0.1) is 0 Å². The van der Waals surface area contributed by atoms with Crippen LogP contribution in [-0.4, -0.2) is 137 Å². The van der Waals surface area contributed by atoms with Crippen molar-refractivity contribution in [2.45, 2.75) is 19.8 Å². The second kappa shape index (κ2) is 30.9. The average Bonchev–Trinajstić information content (AvgIpc) is 3.13. The number of carbonyl (C=O) groups is 2. The summed E-state index contributed by atoms with van der Waals surface area (Å²) in [6, 6.07) is 16.1. The molecule has 0 heterocycles. The third kappa shape index (κ3) is 23.8. The minimum atomic E-state index is -0.365. The van der Waals surface area contributed by atoms with Gasteiger partial charge in [0.15, 0.2) is 0 Å². The van der Waals surface area contributed by atoms with Gasteiger partial charge in [0, 0.05) is 12.2 Å². The SMILES string of the molecule is CCCCNc1ccc(C(=O)OCCOCCOCCOCCOCCOCCOCCOCCOCCOC(=O)c2ccccc2)cc1. The molecule has 0 aliphatic carbocycles. The van der Waals surface area contributed by atoms with Gasteiger partial charge in [0.05, 0.1) is 117 Å². The van der Waals surface area contributed by atoms with E-state index in [0.717, 1.165) is 25.1 Å². The predicted molar refractivity (Wildman–Crippen MR) is 183 cm³/mol. The highest BCUT2D eigenvalue weighted by atomic mass is 16.6. The first-order valence-corrected chi connectivity index (χ1v) is 17.1. The lowest BCUT2D eigenvalue weighted by molar-refractivity contribution is -0.0254. The Hall–Kier alpha value is -3.14. The van der Waals surface area contributed by atoms with Gasteiger partial charge in [-0.3, -0.25) is 0 Å². The lowest BCUT2D eigenvalue weighted by Crippen LogP contribution is -2.16. The van der Waals surface area contributed by atoms with E-state index in [1.807, 2.05) is 18.2 Å². The number of rotatable bonds is 33. The van der Waals surface area contributed by atoms with E-state index in [0.29, 0.717) is 117 Å². The summed E-state index contributed by atoms with van der Waals surface area (Å²) in [5, 5.41) is 3.31. The largest absolute Gasteiger partial charge is 0.460 e. The lowest BCUT2D eigenvalue weighted by atomic mass is 10.2. The number of carbonyl (C=O) groups excluding carboxylic acids is 2. The number of hydrogen-bond donors (Lipinski definition) is 1. The van der Waals surface area contributed by atoms with Crippen molar-refractivity contribution >= 4 is 17.6 Å². The zero-order valence-corrected chi connectivity index (χ0v) is 28.9. The monoisotopic (exact) mass is 693 g/mol. The molecule has 2 aromatic carbocycles. The lowest BCUT2D eigenvalue weighted by Gasteiger charge is -2.09. The molecule has 49 heavy (non-hydrogen) atoms. The van der Waals surface area contributed by atoms with Gasteiger partial charge in [-0.1, -0.05) is 31.5 Å². The summed E-state index contributed by atoms with van der Waals surface area (Å²) in [6.07, 6.45) is 2.24. The van der Waals surface area contributed by atoms with Crippen molar-refractivity contribution in [2.75, 3.05) is 131 Å². The van der Waals surface area contributed by atoms with Crippen LogP contribution in [0.5, 0.6) is 0 Å². The third-order valence-electron chi connectivity index (χ3n) is 6.52. The molecule has 0 aliphatic rings. The highest BCUT2D eigenvalue weighted by Crippen LogP contribution is 2.11. The Morgan fingerprint density at radius 1 is 0.449 bits per heavy atom. The van der Waals surface area contributed by atoms with Crippen LogP contribution in [-0.2, 0) is 47.4 Å². The molecule has 0 bridgehead atoms. The van der Waals surface area contributed by atoms with Gasteiger partial charge in [-0.15, -0.1) is 0 Å². The first kappa shape index (κ1) is 42.0. The van der Waals surface area contributed by atoms with Crippen molar-refractivity contribution in [3.05, 3.63) is 65.7 Å². The standard InChI is InChI=1S/C36H55NO12/c1-2-3-13-37-34-11-9-33(10-12-34)36(39)49-31-29-47-27-25-45-23-21-43-19-17-41-15-14-40-16-18-42-20-22-44-24-26-46-28-30-48-35(38)32-7-5-4-6-8-32/h4-12,37H,2-3,13-31H2,1H3. The highest BCUT2D eigenvalue weighted by Gasteiger charge is 2.07. The fourth-order valence-electron chi connectivity index (χ4n) is 3.90. The van der Waals surface area contributed by atoms with Crippen LogP contribution in [0.4, 0.5) is 5.69 Å². The molecule has 0 unspecified atom stereocenters. The molecule has 0 saturated heterocycles. The van der Waals surface area contributed by atoms with Gasteiger partial charge in [-0.2, -0.15) is 0 Å². The zero-order valence-electron chi connectivity index (χ0n) is 28.9. The maximum Gasteiger partial charge on any atom is 0.338 e. The summed E-state index contributed by atoms with van der Waals surface area (Å²) in [4.78, 5) is 23.9. The van der Waals surface area contributed by atoms with Crippen molar-refractivity contribution in [1.82, 2.24) is 0 Å². The fourth-order valence-corrected chi connectivity index (χ4v) is 3.90. The van der Waals surface area contributed by atoms with Crippen LogP contribution in [0.15, 0.2) is 54.6 Å². The molecule has 0 spiro atoms. The molecule has 13 heteroatoms. The number of hydrogen-bond acceptors (Lipinski definition) is 13. The summed E-state index contributed by atoms with van der Waals surface area (Å²) in [6.45, 7) is 10.4. The Morgan fingerprint density at radius 2 is 0.776 bits per heavy atom. The molecule has 0 radical (unpaired) electrons. The normalized spacial score (nSPS) is 11.0. The Labute approximate surface area is 290 Å². The van der Waals surface area contributed by atoms with Crippen molar-refractivity contribution in [3.8, 4) is 0 Å². The van der Waals surface area contributed by atoms with Gasteiger partial charge in [0.1, 0.15) is 13.2 Å². The van der Waals surface area contributed by atoms with E-state index in [1.165, 1.54) is 0 Å². The van der Waals surface area contributed by atoms with E-state index in [2.05, 4.69) is 12.2 Å². The van der Waals surface area contributed by atoms with Crippen LogP contribution in [0.2, 0.25) is 0 Å².